The Balaban J connectivity index is 2.17. The highest BCUT2D eigenvalue weighted by Crippen LogP contribution is 2.69. The molecule has 1 aromatic carbocycles. The molecule has 0 spiro atoms. The highest BCUT2D eigenvalue weighted by Gasteiger charge is 2.96. The Morgan fingerprint density at radius 3 is 2.10 bits per heavy atom. The summed E-state index contributed by atoms with van der Waals surface area (Å²) in [7, 11) is 0. The van der Waals surface area contributed by atoms with Crippen molar-refractivity contribution in [3.8, 4) is 0 Å². The van der Waals surface area contributed by atoms with Crippen molar-refractivity contribution < 1.29 is 31.9 Å². The number of carbonyl (C=O) groups excluding carboxylic acids is 1. The Morgan fingerprint density at radius 2 is 1.62 bits per heavy atom. The molecule has 1 aromatic rings. The number of anilines is 1. The molecule has 1 aliphatic rings. The van der Waals surface area contributed by atoms with Crippen LogP contribution in [-0.4, -0.2) is 33.6 Å². The maximum atomic E-state index is 13.5. The van der Waals surface area contributed by atoms with Gasteiger partial charge in [-0.15, -0.1) is 0 Å². The second kappa shape index (κ2) is 4.54. The third-order valence-electron chi connectivity index (χ3n) is 3.30. The highest BCUT2D eigenvalue weighted by atomic mass is 35.5. The van der Waals surface area contributed by atoms with Gasteiger partial charge in [-0.2, -0.15) is 17.6 Å². The molecular weight excluding hydrogens is 321 g/mol. The van der Waals surface area contributed by atoms with Crippen molar-refractivity contribution in [1.82, 2.24) is 0 Å². The number of hydrogen-bond acceptors (Lipinski definition) is 2. The Hall–Kier alpha value is -1.41. The maximum Gasteiger partial charge on any atom is 0.363 e. The van der Waals surface area contributed by atoms with Gasteiger partial charge in [0, 0.05) is 5.69 Å². The largest absolute Gasteiger partial charge is 0.378 e. The van der Waals surface area contributed by atoms with Crippen LogP contribution in [-0.2, 0) is 4.79 Å². The SMILES string of the molecule is O=C(CC1(O)C(F)(F)C(F)(F)C1(F)Cl)Nc1ccccc1. The average Bonchev–Trinajstić information content (AvgIpc) is 2.38. The Kier molecular flexibility index (Phi) is 3.45. The normalized spacial score (nSPS) is 33.1. The molecule has 1 aliphatic carbocycles. The zero-order valence-corrected chi connectivity index (χ0v) is 11.0. The van der Waals surface area contributed by atoms with E-state index in [4.69, 9.17) is 11.6 Å². The summed E-state index contributed by atoms with van der Waals surface area (Å²) in [5.41, 5.74) is -3.83. The van der Waals surface area contributed by atoms with Crippen molar-refractivity contribution in [2.75, 3.05) is 5.32 Å². The number of halogens is 6. The van der Waals surface area contributed by atoms with E-state index in [1.54, 1.807) is 6.07 Å². The minimum Gasteiger partial charge on any atom is -0.378 e. The van der Waals surface area contributed by atoms with Gasteiger partial charge in [0.15, 0.2) is 5.60 Å². The van der Waals surface area contributed by atoms with Crippen LogP contribution < -0.4 is 5.32 Å². The van der Waals surface area contributed by atoms with Crippen LogP contribution in [0.3, 0.4) is 0 Å². The highest BCUT2D eigenvalue weighted by molar-refractivity contribution is 6.26. The van der Waals surface area contributed by atoms with Gasteiger partial charge in [0.1, 0.15) is 0 Å². The third-order valence-corrected chi connectivity index (χ3v) is 3.85. The van der Waals surface area contributed by atoms with Crippen LogP contribution in [0.4, 0.5) is 27.6 Å². The van der Waals surface area contributed by atoms with E-state index in [2.05, 4.69) is 5.32 Å². The Bertz CT molecular complexity index is 546. The molecule has 0 aliphatic heterocycles. The molecule has 1 fully saturated rings. The van der Waals surface area contributed by atoms with Crippen molar-refractivity contribution in [2.24, 2.45) is 0 Å². The van der Waals surface area contributed by atoms with Crippen LogP contribution in [0.25, 0.3) is 0 Å². The molecule has 9 heteroatoms. The number of carbonyl (C=O) groups is 1. The molecule has 2 N–H and O–H groups in total. The summed E-state index contributed by atoms with van der Waals surface area (Å²) in [5, 5.41) is 7.09. The van der Waals surface area contributed by atoms with Crippen molar-refractivity contribution in [2.45, 2.75) is 29.0 Å². The number of aliphatic hydroxyl groups is 1. The van der Waals surface area contributed by atoms with Crippen molar-refractivity contribution >= 4 is 23.2 Å². The van der Waals surface area contributed by atoms with E-state index in [1.807, 2.05) is 0 Å². The second-order valence-electron chi connectivity index (χ2n) is 4.67. The summed E-state index contributed by atoms with van der Waals surface area (Å²) >= 11 is 4.71. The van der Waals surface area contributed by atoms with Crippen LogP contribution >= 0.6 is 11.6 Å². The van der Waals surface area contributed by atoms with Gasteiger partial charge in [-0.3, -0.25) is 4.79 Å². The number of para-hydroxylation sites is 1. The van der Waals surface area contributed by atoms with E-state index in [0.29, 0.717) is 0 Å². The molecule has 0 bridgehead atoms. The summed E-state index contributed by atoms with van der Waals surface area (Å²) in [5.74, 6) is -11.7. The van der Waals surface area contributed by atoms with Gasteiger partial charge in [-0.1, -0.05) is 29.8 Å². The van der Waals surface area contributed by atoms with Crippen LogP contribution in [0, 0.1) is 0 Å². The fourth-order valence-corrected chi connectivity index (χ4v) is 2.34. The summed E-state index contributed by atoms with van der Waals surface area (Å²) in [4.78, 5) is 11.5. The third kappa shape index (κ3) is 1.92. The molecule has 2 rings (SSSR count). The van der Waals surface area contributed by atoms with Crippen molar-refractivity contribution in [3.63, 3.8) is 0 Å². The van der Waals surface area contributed by atoms with Crippen molar-refractivity contribution in [1.29, 1.82) is 0 Å². The fraction of sp³-hybridized carbons (Fsp3) is 0.417. The standard InChI is InChI=1S/C12H9ClF5NO2/c13-10(14)9(21,11(15,16)12(10,17)18)6-8(20)19-7-4-2-1-3-5-7/h1-5,21H,6H2,(H,19,20). The molecule has 0 heterocycles. The van der Waals surface area contributed by atoms with Gasteiger partial charge in [0.2, 0.25) is 5.91 Å². The van der Waals surface area contributed by atoms with E-state index in [-0.39, 0.29) is 5.69 Å². The molecule has 3 nitrogen and oxygen atoms in total. The summed E-state index contributed by atoms with van der Waals surface area (Å²) in [6.45, 7) is 0. The van der Waals surface area contributed by atoms with Crippen LogP contribution in [0.5, 0.6) is 0 Å². The molecule has 2 atom stereocenters. The van der Waals surface area contributed by atoms with Crippen LogP contribution in [0.1, 0.15) is 6.42 Å². The quantitative estimate of drug-likeness (QED) is 0.662. The predicted molar refractivity (Wildman–Crippen MR) is 64.2 cm³/mol. The molecule has 0 saturated heterocycles. The van der Waals surface area contributed by atoms with Crippen LogP contribution in [0.2, 0.25) is 0 Å². The number of nitrogens with one attached hydrogen (secondary N) is 1. The second-order valence-corrected chi connectivity index (χ2v) is 5.20. The number of rotatable bonds is 3. The lowest BCUT2D eigenvalue weighted by molar-refractivity contribution is -0.429. The first kappa shape index (κ1) is 16.0. The first-order valence-corrected chi connectivity index (χ1v) is 6.06. The first-order valence-electron chi connectivity index (χ1n) is 5.68. The smallest absolute Gasteiger partial charge is 0.363 e. The molecule has 1 amide bonds. The average molecular weight is 330 g/mol. The maximum absolute atomic E-state index is 13.5. The first-order chi connectivity index (χ1) is 9.47. The van der Waals surface area contributed by atoms with Gasteiger partial charge in [-0.05, 0) is 12.1 Å². The molecule has 116 valence electrons. The number of alkyl halides is 6. The van der Waals surface area contributed by atoms with Crippen LogP contribution in [0.15, 0.2) is 30.3 Å². The topological polar surface area (TPSA) is 49.3 Å². The lowest BCUT2D eigenvalue weighted by Crippen LogP contribution is -2.86. The summed E-state index contributed by atoms with van der Waals surface area (Å²) in [6.07, 6.45) is -1.62. The Labute approximate surface area is 120 Å². The van der Waals surface area contributed by atoms with Gasteiger partial charge in [0.25, 0.3) is 5.13 Å². The van der Waals surface area contributed by atoms with Crippen molar-refractivity contribution in [3.05, 3.63) is 30.3 Å². The number of amides is 1. The summed E-state index contributed by atoms with van der Waals surface area (Å²) in [6, 6.07) is 7.40. The molecular formula is C12H9ClF5NO2. The zero-order valence-electron chi connectivity index (χ0n) is 10.2. The number of benzene rings is 1. The minimum absolute atomic E-state index is 0.166. The van der Waals surface area contributed by atoms with E-state index < -0.39 is 34.9 Å². The number of hydrogen-bond donors (Lipinski definition) is 2. The predicted octanol–water partition coefficient (Wildman–Crippen LogP) is 2.94. The lowest BCUT2D eigenvalue weighted by atomic mass is 9.67. The van der Waals surface area contributed by atoms with E-state index in [9.17, 15) is 31.9 Å². The minimum atomic E-state index is -5.27. The molecule has 0 aromatic heterocycles. The molecule has 2 unspecified atom stereocenters. The van der Waals surface area contributed by atoms with E-state index >= 15 is 0 Å². The fourth-order valence-electron chi connectivity index (χ4n) is 2.03. The van der Waals surface area contributed by atoms with Gasteiger partial charge >= 0.3 is 11.8 Å². The van der Waals surface area contributed by atoms with E-state index in [1.165, 1.54) is 24.3 Å². The molecule has 21 heavy (non-hydrogen) atoms. The zero-order chi connectivity index (χ0) is 16.1. The van der Waals surface area contributed by atoms with Gasteiger partial charge < -0.3 is 10.4 Å². The van der Waals surface area contributed by atoms with Gasteiger partial charge in [0.05, 0.1) is 6.42 Å². The Morgan fingerprint density at radius 1 is 1.10 bits per heavy atom. The monoisotopic (exact) mass is 329 g/mol. The molecule has 1 saturated carbocycles. The lowest BCUT2D eigenvalue weighted by Gasteiger charge is -2.56. The van der Waals surface area contributed by atoms with E-state index in [0.717, 1.165) is 0 Å². The van der Waals surface area contributed by atoms with Gasteiger partial charge in [-0.25, -0.2) is 4.39 Å². The summed E-state index contributed by atoms with van der Waals surface area (Å²) < 4.78 is 65.9. The molecule has 0 radical (unpaired) electrons.